The lowest BCUT2D eigenvalue weighted by Gasteiger charge is -2.11. The molecule has 0 unspecified atom stereocenters. The minimum Gasteiger partial charge on any atom is -0.489 e. The van der Waals surface area contributed by atoms with Gasteiger partial charge in [0.05, 0.1) is 24.3 Å². The maximum atomic E-state index is 12.0. The van der Waals surface area contributed by atoms with Crippen LogP contribution in [0.3, 0.4) is 0 Å². The number of carbonyl (C=O) groups is 1. The molecule has 8 nitrogen and oxygen atoms in total. The van der Waals surface area contributed by atoms with Crippen LogP contribution in [0, 0.1) is 10.1 Å². The van der Waals surface area contributed by atoms with Crippen LogP contribution in [0.1, 0.15) is 22.5 Å². The number of halogens is 1. The molecular weight excluding hydrogens is 340 g/mol. The van der Waals surface area contributed by atoms with Gasteiger partial charge in [0, 0.05) is 13.0 Å². The predicted octanol–water partition coefficient (Wildman–Crippen LogP) is 2.93. The van der Waals surface area contributed by atoms with Crippen molar-refractivity contribution < 1.29 is 23.6 Å². The number of hydrogen-bond acceptors (Lipinski definition) is 6. The second kappa shape index (κ2) is 6.79. The third kappa shape index (κ3) is 3.43. The number of nitrogens with zero attached hydrogens (tertiary/aromatic N) is 1. The summed E-state index contributed by atoms with van der Waals surface area (Å²) in [5, 5.41) is 13.6. The summed E-state index contributed by atoms with van der Waals surface area (Å²) in [5.41, 5.74) is 0.707. The zero-order chi connectivity index (χ0) is 17.1. The van der Waals surface area contributed by atoms with Crippen molar-refractivity contribution in [2.24, 2.45) is 0 Å². The highest BCUT2D eigenvalue weighted by molar-refractivity contribution is 6.32. The number of nitro groups is 1. The van der Waals surface area contributed by atoms with Crippen LogP contribution >= 0.6 is 11.6 Å². The van der Waals surface area contributed by atoms with E-state index in [4.69, 9.17) is 25.5 Å². The number of ether oxygens (including phenoxy) is 2. The van der Waals surface area contributed by atoms with Crippen molar-refractivity contribution in [3.8, 4) is 11.5 Å². The number of hydrogen-bond donors (Lipinski definition) is 1. The Morgan fingerprint density at radius 1 is 1.29 bits per heavy atom. The van der Waals surface area contributed by atoms with Gasteiger partial charge >= 0.3 is 5.88 Å². The van der Waals surface area contributed by atoms with Crippen molar-refractivity contribution in [3.63, 3.8) is 0 Å². The van der Waals surface area contributed by atoms with E-state index in [2.05, 4.69) is 5.32 Å². The van der Waals surface area contributed by atoms with Crippen molar-refractivity contribution in [1.29, 1.82) is 0 Å². The fraction of sp³-hybridized carbons (Fsp3) is 0.267. The van der Waals surface area contributed by atoms with Crippen LogP contribution in [0.2, 0.25) is 5.02 Å². The second-order valence-corrected chi connectivity index (χ2v) is 5.44. The fourth-order valence-electron chi connectivity index (χ4n) is 2.20. The number of fused-ring (bicyclic) bond motifs is 1. The van der Waals surface area contributed by atoms with E-state index in [-0.39, 0.29) is 12.3 Å². The third-order valence-corrected chi connectivity index (χ3v) is 3.59. The fourth-order valence-corrected chi connectivity index (χ4v) is 2.49. The van der Waals surface area contributed by atoms with Gasteiger partial charge in [-0.1, -0.05) is 11.6 Å². The molecule has 1 aliphatic heterocycles. The van der Waals surface area contributed by atoms with Crippen molar-refractivity contribution >= 4 is 23.4 Å². The molecule has 0 fully saturated rings. The highest BCUT2D eigenvalue weighted by atomic mass is 35.5. The standard InChI is InChI=1S/C15H13ClN2O6/c16-10-6-9(7-12-14(10)23-5-1-4-22-12)8-17-15(19)11-2-3-13(24-11)18(20)21/h2-3,6-7H,1,4-5,8H2,(H,17,19). The van der Waals surface area contributed by atoms with Crippen molar-refractivity contribution in [2.75, 3.05) is 13.2 Å². The average molecular weight is 353 g/mol. The van der Waals surface area contributed by atoms with E-state index in [0.29, 0.717) is 35.3 Å². The molecule has 0 saturated heterocycles. The summed E-state index contributed by atoms with van der Waals surface area (Å²) in [5.74, 6) is -0.170. The van der Waals surface area contributed by atoms with Crippen molar-refractivity contribution in [1.82, 2.24) is 5.32 Å². The Labute approximate surface area is 141 Å². The summed E-state index contributed by atoms with van der Waals surface area (Å²) in [4.78, 5) is 21.8. The molecule has 2 heterocycles. The first-order valence-electron chi connectivity index (χ1n) is 7.15. The average Bonchev–Trinajstić information content (AvgIpc) is 2.93. The molecule has 1 N–H and O–H groups in total. The zero-order valence-electron chi connectivity index (χ0n) is 12.4. The Kier molecular flexibility index (Phi) is 4.57. The van der Waals surface area contributed by atoms with Gasteiger partial charge in [0.1, 0.15) is 4.92 Å². The molecule has 2 aromatic rings. The maximum absolute atomic E-state index is 12.0. The Morgan fingerprint density at radius 3 is 2.83 bits per heavy atom. The van der Waals surface area contributed by atoms with Gasteiger partial charge in [0.15, 0.2) is 17.3 Å². The van der Waals surface area contributed by atoms with Crippen LogP contribution in [0.25, 0.3) is 0 Å². The van der Waals surface area contributed by atoms with Crippen LogP contribution in [-0.4, -0.2) is 24.0 Å². The molecule has 3 rings (SSSR count). The Balaban J connectivity index is 1.70. The summed E-state index contributed by atoms with van der Waals surface area (Å²) >= 11 is 6.18. The quantitative estimate of drug-likeness (QED) is 0.670. The molecule has 1 aliphatic rings. The monoisotopic (exact) mass is 352 g/mol. The van der Waals surface area contributed by atoms with Crippen LogP contribution < -0.4 is 14.8 Å². The van der Waals surface area contributed by atoms with E-state index in [9.17, 15) is 14.9 Å². The molecule has 1 aromatic carbocycles. The smallest absolute Gasteiger partial charge is 0.433 e. The number of benzene rings is 1. The minimum absolute atomic E-state index is 0.137. The normalized spacial score (nSPS) is 13.2. The number of furan rings is 1. The van der Waals surface area contributed by atoms with E-state index in [0.717, 1.165) is 12.5 Å². The molecule has 0 saturated carbocycles. The number of amides is 1. The molecular formula is C15H13ClN2O6. The van der Waals surface area contributed by atoms with Crippen LogP contribution in [0.4, 0.5) is 5.88 Å². The molecule has 0 atom stereocenters. The molecule has 0 spiro atoms. The molecule has 1 amide bonds. The first-order chi connectivity index (χ1) is 11.5. The van der Waals surface area contributed by atoms with E-state index in [1.54, 1.807) is 12.1 Å². The second-order valence-electron chi connectivity index (χ2n) is 5.03. The van der Waals surface area contributed by atoms with Gasteiger partial charge in [0.25, 0.3) is 5.91 Å². The first-order valence-corrected chi connectivity index (χ1v) is 7.53. The van der Waals surface area contributed by atoms with Crippen LogP contribution in [0.15, 0.2) is 28.7 Å². The minimum atomic E-state index is -0.708. The molecule has 24 heavy (non-hydrogen) atoms. The third-order valence-electron chi connectivity index (χ3n) is 3.31. The topological polar surface area (TPSA) is 104 Å². The van der Waals surface area contributed by atoms with Gasteiger partial charge in [-0.15, -0.1) is 0 Å². The van der Waals surface area contributed by atoms with Crippen LogP contribution in [-0.2, 0) is 6.54 Å². The summed E-state index contributed by atoms with van der Waals surface area (Å²) < 4.78 is 16.0. The van der Waals surface area contributed by atoms with Gasteiger partial charge in [0.2, 0.25) is 0 Å². The Morgan fingerprint density at radius 2 is 2.08 bits per heavy atom. The molecule has 0 bridgehead atoms. The van der Waals surface area contributed by atoms with Gasteiger partial charge < -0.3 is 19.2 Å². The first kappa shape index (κ1) is 16.1. The number of rotatable bonds is 4. The lowest BCUT2D eigenvalue weighted by Crippen LogP contribution is -2.22. The van der Waals surface area contributed by atoms with E-state index < -0.39 is 16.7 Å². The van der Waals surface area contributed by atoms with Crippen molar-refractivity contribution in [3.05, 3.63) is 50.7 Å². The molecule has 9 heteroatoms. The van der Waals surface area contributed by atoms with Gasteiger partial charge in [-0.05, 0) is 23.8 Å². The lowest BCUT2D eigenvalue weighted by molar-refractivity contribution is -0.402. The van der Waals surface area contributed by atoms with E-state index in [1.165, 1.54) is 6.07 Å². The Bertz CT molecular complexity index is 788. The maximum Gasteiger partial charge on any atom is 0.433 e. The SMILES string of the molecule is O=C(NCc1cc(Cl)c2c(c1)OCCCO2)c1ccc([N+](=O)[O-])o1. The lowest BCUT2D eigenvalue weighted by atomic mass is 10.2. The highest BCUT2D eigenvalue weighted by Crippen LogP contribution is 2.37. The highest BCUT2D eigenvalue weighted by Gasteiger charge is 2.18. The van der Waals surface area contributed by atoms with Crippen molar-refractivity contribution in [2.45, 2.75) is 13.0 Å². The molecule has 1 aromatic heterocycles. The summed E-state index contributed by atoms with van der Waals surface area (Å²) in [7, 11) is 0. The summed E-state index contributed by atoms with van der Waals surface area (Å²) in [6, 6.07) is 5.77. The Hall–Kier alpha value is -2.74. The molecule has 126 valence electrons. The van der Waals surface area contributed by atoms with Gasteiger partial charge in [-0.2, -0.15) is 0 Å². The number of carbonyl (C=O) groups excluding carboxylic acids is 1. The largest absolute Gasteiger partial charge is 0.489 e. The zero-order valence-corrected chi connectivity index (χ0v) is 13.2. The van der Waals surface area contributed by atoms with Gasteiger partial charge in [-0.25, -0.2) is 0 Å². The molecule has 0 aliphatic carbocycles. The predicted molar refractivity (Wildman–Crippen MR) is 83.6 cm³/mol. The van der Waals surface area contributed by atoms with E-state index in [1.807, 2.05) is 0 Å². The summed E-state index contributed by atoms with van der Waals surface area (Å²) in [6.45, 7) is 1.21. The van der Waals surface area contributed by atoms with E-state index >= 15 is 0 Å². The summed E-state index contributed by atoms with van der Waals surface area (Å²) in [6.07, 6.45) is 0.758. The van der Waals surface area contributed by atoms with Crippen LogP contribution in [0.5, 0.6) is 11.5 Å². The molecule has 0 radical (unpaired) electrons. The van der Waals surface area contributed by atoms with Gasteiger partial charge in [-0.3, -0.25) is 14.9 Å². The number of nitrogens with one attached hydrogen (secondary N) is 1.